The van der Waals surface area contributed by atoms with Crippen molar-refractivity contribution in [3.05, 3.63) is 56.5 Å². The summed E-state index contributed by atoms with van der Waals surface area (Å²) in [6.45, 7) is 6.13. The molecule has 1 fully saturated rings. The molecule has 0 amide bonds. The molecule has 3 unspecified atom stereocenters. The second kappa shape index (κ2) is 10.2. The minimum atomic E-state index is 0.330. The van der Waals surface area contributed by atoms with Gasteiger partial charge in [-0.1, -0.05) is 29.8 Å². The summed E-state index contributed by atoms with van der Waals surface area (Å²) in [4.78, 5) is 8.87. The molecule has 0 bridgehead atoms. The first-order chi connectivity index (χ1) is 14.5. The van der Waals surface area contributed by atoms with Crippen molar-refractivity contribution < 1.29 is 4.74 Å². The number of nitrogens with zero attached hydrogens (tertiary/aromatic N) is 2. The van der Waals surface area contributed by atoms with E-state index < -0.39 is 0 Å². The Bertz CT molecular complexity index is 860. The third-order valence-electron chi connectivity index (χ3n) is 6.30. The van der Waals surface area contributed by atoms with Crippen molar-refractivity contribution in [2.75, 3.05) is 25.2 Å². The number of hydrogen-bond acceptors (Lipinski definition) is 5. The molecule has 0 saturated carbocycles. The molecule has 1 saturated heterocycles. The predicted octanol–water partition coefficient (Wildman–Crippen LogP) is 6.02. The van der Waals surface area contributed by atoms with Crippen LogP contribution in [0.2, 0.25) is 5.02 Å². The molecule has 1 aromatic carbocycles. The van der Waals surface area contributed by atoms with E-state index in [0.29, 0.717) is 18.2 Å². The molecule has 162 valence electrons. The van der Waals surface area contributed by atoms with Crippen LogP contribution in [0.3, 0.4) is 0 Å². The molecule has 1 aliphatic heterocycles. The molecule has 6 heteroatoms. The van der Waals surface area contributed by atoms with E-state index in [4.69, 9.17) is 21.3 Å². The zero-order valence-electron chi connectivity index (χ0n) is 18.1. The minimum Gasteiger partial charge on any atom is -0.374 e. The number of allylic oxidation sites excluding steroid dienone is 1. The average molecular weight is 463 g/mol. The molecule has 3 nitrogen and oxygen atoms in total. The van der Waals surface area contributed by atoms with Gasteiger partial charge in [-0.3, -0.25) is 4.90 Å². The second-order valence-corrected chi connectivity index (χ2v) is 11.0. The van der Waals surface area contributed by atoms with E-state index in [1.807, 2.05) is 35.2 Å². The van der Waals surface area contributed by atoms with Crippen LogP contribution in [0.4, 0.5) is 0 Å². The van der Waals surface area contributed by atoms with E-state index in [1.165, 1.54) is 33.1 Å². The van der Waals surface area contributed by atoms with Crippen molar-refractivity contribution in [1.29, 1.82) is 0 Å². The van der Waals surface area contributed by atoms with Gasteiger partial charge in [-0.15, -0.1) is 11.3 Å². The third kappa shape index (κ3) is 5.31. The van der Waals surface area contributed by atoms with Crippen LogP contribution < -0.4 is 0 Å². The van der Waals surface area contributed by atoms with Crippen molar-refractivity contribution in [1.82, 2.24) is 9.88 Å². The van der Waals surface area contributed by atoms with Gasteiger partial charge in [0.15, 0.2) is 0 Å². The summed E-state index contributed by atoms with van der Waals surface area (Å²) < 4.78 is 6.24. The molecule has 4 rings (SSSR count). The smallest absolute Gasteiger partial charge is 0.119 e. The normalized spacial score (nSPS) is 25.3. The van der Waals surface area contributed by atoms with Crippen LogP contribution in [0, 0.1) is 13.8 Å². The maximum absolute atomic E-state index is 6.24. The van der Waals surface area contributed by atoms with Gasteiger partial charge < -0.3 is 4.74 Å². The van der Waals surface area contributed by atoms with Crippen molar-refractivity contribution >= 4 is 40.3 Å². The Morgan fingerprint density at radius 3 is 2.70 bits per heavy atom. The summed E-state index contributed by atoms with van der Waals surface area (Å²) in [5.41, 5.74) is 3.95. The molecule has 30 heavy (non-hydrogen) atoms. The van der Waals surface area contributed by atoms with Crippen LogP contribution in [0.15, 0.2) is 30.3 Å². The van der Waals surface area contributed by atoms with Crippen LogP contribution in [-0.2, 0) is 11.2 Å². The van der Waals surface area contributed by atoms with E-state index in [9.17, 15) is 0 Å². The summed E-state index contributed by atoms with van der Waals surface area (Å²) in [7, 11) is 0. The van der Waals surface area contributed by atoms with Crippen molar-refractivity contribution in [3.8, 4) is 0 Å². The number of ether oxygens (including phenoxy) is 1. The first-order valence-corrected chi connectivity index (χ1v) is 13.4. The number of benzene rings is 1. The van der Waals surface area contributed by atoms with Gasteiger partial charge in [-0.2, -0.15) is 11.8 Å². The van der Waals surface area contributed by atoms with Gasteiger partial charge in [-0.25, -0.2) is 4.98 Å². The number of halogens is 1. The molecule has 2 heterocycles. The lowest BCUT2D eigenvalue weighted by Gasteiger charge is -2.45. The molecule has 0 N–H and O–H groups in total. The van der Waals surface area contributed by atoms with Crippen LogP contribution in [0.25, 0.3) is 5.57 Å². The Balaban J connectivity index is 1.48. The molecule has 1 aromatic heterocycles. The van der Waals surface area contributed by atoms with E-state index in [-0.39, 0.29) is 0 Å². The Kier molecular flexibility index (Phi) is 7.58. The average Bonchev–Trinajstić information content (AvgIpc) is 3.09. The Morgan fingerprint density at radius 2 is 2.07 bits per heavy atom. The van der Waals surface area contributed by atoms with Gasteiger partial charge >= 0.3 is 0 Å². The number of aryl methyl sites for hydroxylation is 2. The van der Waals surface area contributed by atoms with Crippen molar-refractivity contribution in [2.24, 2.45) is 0 Å². The quantitative estimate of drug-likeness (QED) is 0.523. The fraction of sp³-hybridized carbons (Fsp3) is 0.542. The summed E-state index contributed by atoms with van der Waals surface area (Å²) in [5, 5.41) is 2.02. The lowest BCUT2D eigenvalue weighted by atomic mass is 9.91. The highest BCUT2D eigenvalue weighted by Gasteiger charge is 2.34. The molecule has 0 spiro atoms. The van der Waals surface area contributed by atoms with Crippen LogP contribution in [-0.4, -0.2) is 53.2 Å². The summed E-state index contributed by atoms with van der Waals surface area (Å²) in [6.07, 6.45) is 9.39. The highest BCUT2D eigenvalue weighted by molar-refractivity contribution is 7.98. The fourth-order valence-corrected chi connectivity index (χ4v) is 6.19. The SMILES string of the molecule is CSCC1CN(C2CC=C(c3nc(C)c(C)s3)CC2)C(Cc2ccc(Cl)cc2)CO1. The van der Waals surface area contributed by atoms with E-state index in [0.717, 1.165) is 43.2 Å². The van der Waals surface area contributed by atoms with E-state index in [2.05, 4.69) is 43.2 Å². The van der Waals surface area contributed by atoms with Gasteiger partial charge in [-0.05, 0) is 69.1 Å². The Hall–Kier alpha value is -0.850. The molecular weight excluding hydrogens is 432 g/mol. The van der Waals surface area contributed by atoms with Gasteiger partial charge in [0.05, 0.1) is 18.4 Å². The lowest BCUT2D eigenvalue weighted by molar-refractivity contribution is -0.0703. The number of thioether (sulfide) groups is 1. The second-order valence-electron chi connectivity index (χ2n) is 8.41. The predicted molar refractivity (Wildman–Crippen MR) is 131 cm³/mol. The fourth-order valence-electron chi connectivity index (χ4n) is 4.51. The third-order valence-corrected chi connectivity index (χ3v) is 8.41. The van der Waals surface area contributed by atoms with Crippen molar-refractivity contribution in [2.45, 2.75) is 57.7 Å². The number of aromatic nitrogens is 1. The van der Waals surface area contributed by atoms with Crippen molar-refractivity contribution in [3.63, 3.8) is 0 Å². The molecule has 3 atom stereocenters. The maximum Gasteiger partial charge on any atom is 0.119 e. The van der Waals surface area contributed by atoms with Gasteiger partial charge in [0, 0.05) is 34.3 Å². The Morgan fingerprint density at radius 1 is 1.27 bits per heavy atom. The van der Waals surface area contributed by atoms with E-state index >= 15 is 0 Å². The molecular formula is C24H31ClN2OS2. The minimum absolute atomic E-state index is 0.330. The van der Waals surface area contributed by atoms with Gasteiger partial charge in [0.25, 0.3) is 0 Å². The summed E-state index contributed by atoms with van der Waals surface area (Å²) in [6, 6.07) is 9.31. The van der Waals surface area contributed by atoms with Crippen LogP contribution in [0.1, 0.15) is 40.4 Å². The van der Waals surface area contributed by atoms with Gasteiger partial charge in [0.2, 0.25) is 0 Å². The molecule has 0 radical (unpaired) electrons. The standard InChI is InChI=1S/C24H31ClN2OS2/c1-16-17(2)30-24(26-16)19-6-10-21(11-7-19)27-13-23(15-29-3)28-14-22(27)12-18-4-8-20(25)9-5-18/h4-6,8-9,21-23H,7,10-15H2,1-3H3. The lowest BCUT2D eigenvalue weighted by Crippen LogP contribution is -2.55. The number of rotatable bonds is 6. The number of hydrogen-bond donors (Lipinski definition) is 0. The molecule has 2 aromatic rings. The Labute approximate surface area is 193 Å². The highest BCUT2D eigenvalue weighted by atomic mass is 35.5. The van der Waals surface area contributed by atoms with Crippen LogP contribution >= 0.6 is 34.7 Å². The monoisotopic (exact) mass is 462 g/mol. The summed E-state index contributed by atoms with van der Waals surface area (Å²) >= 11 is 9.81. The maximum atomic E-state index is 6.24. The molecule has 1 aliphatic carbocycles. The first-order valence-electron chi connectivity index (χ1n) is 10.8. The first kappa shape index (κ1) is 22.3. The highest BCUT2D eigenvalue weighted by Crippen LogP contribution is 2.34. The largest absolute Gasteiger partial charge is 0.374 e. The van der Waals surface area contributed by atoms with E-state index in [1.54, 1.807) is 0 Å². The topological polar surface area (TPSA) is 25.4 Å². The summed E-state index contributed by atoms with van der Waals surface area (Å²) in [5.74, 6) is 1.07. The zero-order valence-corrected chi connectivity index (χ0v) is 20.5. The number of morpholine rings is 1. The van der Waals surface area contributed by atoms with Gasteiger partial charge in [0.1, 0.15) is 5.01 Å². The van der Waals surface area contributed by atoms with Crippen LogP contribution in [0.5, 0.6) is 0 Å². The number of thiazole rings is 1. The molecule has 2 aliphatic rings. The zero-order chi connectivity index (χ0) is 21.1.